The number of nitrogens with one attached hydrogen (secondary N) is 1. The molecule has 4 atom stereocenters. The van der Waals surface area contributed by atoms with Crippen molar-refractivity contribution in [2.75, 3.05) is 27.4 Å². The van der Waals surface area contributed by atoms with Gasteiger partial charge >= 0.3 is 5.69 Å². The highest BCUT2D eigenvalue weighted by Crippen LogP contribution is 2.45. The van der Waals surface area contributed by atoms with Crippen LogP contribution in [-0.2, 0) is 18.9 Å². The van der Waals surface area contributed by atoms with Gasteiger partial charge in [-0.3, -0.25) is 14.3 Å². The Kier molecular flexibility index (Phi) is 3.25. The predicted molar refractivity (Wildman–Crippen MR) is 66.6 cm³/mol. The molecule has 0 radical (unpaired) electrons. The zero-order chi connectivity index (χ0) is 14.3. The molecule has 2 unspecified atom stereocenters. The van der Waals surface area contributed by atoms with Crippen molar-refractivity contribution in [3.8, 4) is 0 Å². The van der Waals surface area contributed by atoms with Gasteiger partial charge in [0, 0.05) is 26.5 Å². The lowest BCUT2D eigenvalue weighted by Crippen LogP contribution is -2.46. The summed E-state index contributed by atoms with van der Waals surface area (Å²) in [4.78, 5) is 25.2. The summed E-state index contributed by atoms with van der Waals surface area (Å²) in [5.41, 5.74) is -1.72. The average Bonchev–Trinajstić information content (AvgIpc) is 2.90. The van der Waals surface area contributed by atoms with E-state index < -0.39 is 29.2 Å². The third-order valence-corrected chi connectivity index (χ3v) is 3.74. The van der Waals surface area contributed by atoms with Gasteiger partial charge in [0.05, 0.1) is 13.2 Å². The van der Waals surface area contributed by atoms with Gasteiger partial charge in [0.25, 0.3) is 5.56 Å². The number of aromatic nitrogens is 2. The van der Waals surface area contributed by atoms with E-state index in [-0.39, 0.29) is 6.10 Å². The molecule has 3 rings (SSSR count). The molecule has 2 aliphatic rings. The molecule has 0 aliphatic carbocycles. The number of fused-ring (bicyclic) bond motifs is 2. The molecule has 2 fully saturated rings. The van der Waals surface area contributed by atoms with Gasteiger partial charge in [-0.1, -0.05) is 0 Å². The largest absolute Gasteiger partial charge is 0.381 e. The van der Waals surface area contributed by atoms with Gasteiger partial charge in [-0.15, -0.1) is 0 Å². The summed E-state index contributed by atoms with van der Waals surface area (Å²) >= 11 is 0. The maximum atomic E-state index is 11.9. The Morgan fingerprint density at radius 3 is 2.95 bits per heavy atom. The number of ether oxygens (including phenoxy) is 4. The van der Waals surface area contributed by atoms with E-state index >= 15 is 0 Å². The topological polar surface area (TPSA) is 91.8 Å². The van der Waals surface area contributed by atoms with E-state index in [1.807, 2.05) is 0 Å². The fourth-order valence-electron chi connectivity index (χ4n) is 2.94. The molecule has 110 valence electrons. The van der Waals surface area contributed by atoms with Gasteiger partial charge in [-0.2, -0.15) is 0 Å². The summed E-state index contributed by atoms with van der Waals surface area (Å²) in [6, 6.07) is 1.27. The third-order valence-electron chi connectivity index (χ3n) is 3.74. The maximum Gasteiger partial charge on any atom is 0.330 e. The van der Waals surface area contributed by atoms with E-state index in [0.717, 1.165) is 0 Å². The van der Waals surface area contributed by atoms with Crippen molar-refractivity contribution in [3.63, 3.8) is 0 Å². The van der Waals surface area contributed by atoms with Crippen LogP contribution in [0.5, 0.6) is 0 Å². The Hall–Kier alpha value is -1.48. The molecule has 2 bridgehead atoms. The van der Waals surface area contributed by atoms with Gasteiger partial charge in [0.2, 0.25) is 0 Å². The second-order valence-electron chi connectivity index (χ2n) is 4.96. The molecule has 8 nitrogen and oxygen atoms in total. The maximum absolute atomic E-state index is 11.9. The van der Waals surface area contributed by atoms with Crippen LogP contribution < -0.4 is 11.2 Å². The minimum atomic E-state index is -0.728. The summed E-state index contributed by atoms with van der Waals surface area (Å²) in [5, 5.41) is 0. The fourth-order valence-corrected chi connectivity index (χ4v) is 2.94. The minimum Gasteiger partial charge on any atom is -0.381 e. The van der Waals surface area contributed by atoms with Gasteiger partial charge in [-0.25, -0.2) is 4.79 Å². The van der Waals surface area contributed by atoms with E-state index in [9.17, 15) is 9.59 Å². The van der Waals surface area contributed by atoms with Crippen molar-refractivity contribution in [3.05, 3.63) is 33.1 Å². The van der Waals surface area contributed by atoms with Gasteiger partial charge in [-0.05, 0) is 0 Å². The van der Waals surface area contributed by atoms with Crippen molar-refractivity contribution in [1.29, 1.82) is 0 Å². The SMILES string of the molecule is COC[C@]12COC(C1OC)[C@H](n1ccc(=O)[nH]c1=O)O2. The van der Waals surface area contributed by atoms with Gasteiger partial charge in [0.15, 0.2) is 6.23 Å². The molecular formula is C12H16N2O6. The van der Waals surface area contributed by atoms with Crippen molar-refractivity contribution in [1.82, 2.24) is 9.55 Å². The van der Waals surface area contributed by atoms with E-state index in [2.05, 4.69) is 4.98 Å². The van der Waals surface area contributed by atoms with E-state index in [0.29, 0.717) is 13.2 Å². The molecule has 3 heterocycles. The number of hydrogen-bond acceptors (Lipinski definition) is 6. The van der Waals surface area contributed by atoms with Gasteiger partial charge in [0.1, 0.15) is 17.8 Å². The first-order chi connectivity index (χ1) is 9.61. The summed E-state index contributed by atoms with van der Waals surface area (Å²) in [7, 11) is 3.13. The van der Waals surface area contributed by atoms with E-state index in [4.69, 9.17) is 18.9 Å². The highest BCUT2D eigenvalue weighted by atomic mass is 16.7. The van der Waals surface area contributed by atoms with Crippen molar-refractivity contribution in [2.24, 2.45) is 0 Å². The van der Waals surface area contributed by atoms with Crippen LogP contribution in [0.2, 0.25) is 0 Å². The van der Waals surface area contributed by atoms with Crippen LogP contribution in [-0.4, -0.2) is 54.8 Å². The highest BCUT2D eigenvalue weighted by Gasteiger charge is 2.62. The Balaban J connectivity index is 1.98. The lowest BCUT2D eigenvalue weighted by atomic mass is 10.0. The van der Waals surface area contributed by atoms with Crippen LogP contribution in [0.4, 0.5) is 0 Å². The third kappa shape index (κ3) is 1.84. The molecule has 20 heavy (non-hydrogen) atoms. The Bertz CT molecular complexity index is 610. The van der Waals surface area contributed by atoms with Gasteiger partial charge < -0.3 is 18.9 Å². The molecule has 1 N–H and O–H groups in total. The molecule has 0 saturated carbocycles. The van der Waals surface area contributed by atoms with E-state index in [1.165, 1.54) is 16.8 Å². The first-order valence-electron chi connectivity index (χ1n) is 6.24. The molecule has 1 aromatic heterocycles. The summed E-state index contributed by atoms with van der Waals surface area (Å²) in [6.45, 7) is 0.648. The number of methoxy groups -OCH3 is 2. The van der Waals surface area contributed by atoms with Crippen molar-refractivity contribution in [2.45, 2.75) is 24.0 Å². The molecule has 2 aliphatic heterocycles. The standard InChI is InChI=1S/C12H16N2O6/c1-17-5-12-6-19-8(9(12)18-2)10(20-12)14-4-3-7(15)13-11(14)16/h3-4,8-10H,5-6H2,1-2H3,(H,13,15,16)/t8?,9?,10-,12+/m1/s1. The Morgan fingerprint density at radius 2 is 2.30 bits per heavy atom. The first kappa shape index (κ1) is 13.5. The van der Waals surface area contributed by atoms with E-state index in [1.54, 1.807) is 14.2 Å². The van der Waals surface area contributed by atoms with Crippen molar-refractivity contribution >= 4 is 0 Å². The Morgan fingerprint density at radius 1 is 1.50 bits per heavy atom. The van der Waals surface area contributed by atoms with Crippen LogP contribution in [0.1, 0.15) is 6.23 Å². The molecule has 0 amide bonds. The lowest BCUT2D eigenvalue weighted by molar-refractivity contribution is -0.191. The molecule has 2 saturated heterocycles. The number of H-pyrrole nitrogens is 1. The van der Waals surface area contributed by atoms with Crippen molar-refractivity contribution < 1.29 is 18.9 Å². The first-order valence-corrected chi connectivity index (χ1v) is 6.24. The molecule has 1 aromatic rings. The second-order valence-corrected chi connectivity index (χ2v) is 4.96. The van der Waals surface area contributed by atoms with Crippen LogP contribution in [0, 0.1) is 0 Å². The molecule has 0 spiro atoms. The zero-order valence-corrected chi connectivity index (χ0v) is 11.2. The average molecular weight is 284 g/mol. The van der Waals surface area contributed by atoms with Crippen LogP contribution in [0.15, 0.2) is 21.9 Å². The Labute approximate surface area is 114 Å². The normalized spacial score (nSPS) is 35.6. The minimum absolute atomic E-state index is 0.302. The smallest absolute Gasteiger partial charge is 0.330 e. The summed E-state index contributed by atoms with van der Waals surface area (Å²) < 4.78 is 23.6. The predicted octanol–water partition coefficient (Wildman–Crippen LogP) is -1.14. The van der Waals surface area contributed by atoms with Crippen LogP contribution in [0.3, 0.4) is 0 Å². The lowest BCUT2D eigenvalue weighted by Gasteiger charge is -2.30. The zero-order valence-electron chi connectivity index (χ0n) is 11.2. The number of hydrogen-bond donors (Lipinski definition) is 1. The van der Waals surface area contributed by atoms with Crippen LogP contribution >= 0.6 is 0 Å². The number of rotatable bonds is 4. The summed E-state index contributed by atoms with van der Waals surface area (Å²) in [6.07, 6.45) is 0.00145. The molecule has 8 heteroatoms. The second kappa shape index (κ2) is 4.81. The quantitative estimate of drug-likeness (QED) is 0.752. The molecule has 0 aromatic carbocycles. The van der Waals surface area contributed by atoms with Crippen LogP contribution in [0.25, 0.3) is 0 Å². The summed E-state index contributed by atoms with van der Waals surface area (Å²) in [5.74, 6) is 0. The number of aromatic amines is 1. The highest BCUT2D eigenvalue weighted by molar-refractivity contribution is 5.08. The number of nitrogens with zero attached hydrogens (tertiary/aromatic N) is 1. The fraction of sp³-hybridized carbons (Fsp3) is 0.667. The monoisotopic (exact) mass is 284 g/mol. The molecular weight excluding hydrogens is 268 g/mol.